The number of carboxylic acids is 5. The summed E-state index contributed by atoms with van der Waals surface area (Å²) in [6, 6.07) is 0. The fraction of sp³-hybridized carbons (Fsp3) is 0.500. The molecule has 11 heteroatoms. The summed E-state index contributed by atoms with van der Waals surface area (Å²) >= 11 is 0. The van der Waals surface area contributed by atoms with Gasteiger partial charge in [-0.05, 0) is 0 Å². The van der Waals surface area contributed by atoms with Crippen molar-refractivity contribution in [1.29, 1.82) is 0 Å². The summed E-state index contributed by atoms with van der Waals surface area (Å²) < 4.78 is 0. The van der Waals surface area contributed by atoms with Gasteiger partial charge in [-0.1, -0.05) is 0 Å². The van der Waals surface area contributed by atoms with E-state index >= 15 is 0 Å². The van der Waals surface area contributed by atoms with E-state index in [9.17, 15) is 0 Å². The molecule has 0 saturated heterocycles. The first-order chi connectivity index (χ1) is 8.66. The van der Waals surface area contributed by atoms with Crippen LogP contribution >= 0.6 is 0 Å². The van der Waals surface area contributed by atoms with Crippen molar-refractivity contribution in [2.24, 2.45) is 0 Å². The Morgan fingerprint density at radius 1 is 0.429 bits per heavy atom. The van der Waals surface area contributed by atoms with Gasteiger partial charge >= 0.3 is 0 Å². The molecular formula is C10H20FeO10. The Kier molecular flexibility index (Phi) is 53.2. The zero-order valence-corrected chi connectivity index (χ0v) is 13.2. The van der Waals surface area contributed by atoms with Crippen molar-refractivity contribution in [1.82, 2.24) is 0 Å². The van der Waals surface area contributed by atoms with Crippen LogP contribution in [0.1, 0.15) is 34.6 Å². The summed E-state index contributed by atoms with van der Waals surface area (Å²) in [6.07, 6.45) is 0. The molecule has 0 radical (unpaired) electrons. The minimum Gasteiger partial charge on any atom is -0.481 e. The normalized spacial score (nSPS) is 5.95. The van der Waals surface area contributed by atoms with Gasteiger partial charge in [0.25, 0.3) is 29.8 Å². The minimum atomic E-state index is -0.833. The SMILES string of the molecule is CC(=O)O.CC(=O)O.CC(=O)O.CC(=O)O.CC(=O)O.[Fe]. The van der Waals surface area contributed by atoms with E-state index in [2.05, 4.69) is 0 Å². The molecular weight excluding hydrogens is 336 g/mol. The fourth-order valence-electron chi connectivity index (χ4n) is 0. The van der Waals surface area contributed by atoms with Crippen molar-refractivity contribution in [3.63, 3.8) is 0 Å². The summed E-state index contributed by atoms with van der Waals surface area (Å²) in [5.41, 5.74) is 0. The molecule has 0 heterocycles. The second kappa shape index (κ2) is 30.7. The quantitative estimate of drug-likeness (QED) is 0.381. The number of carbonyl (C=O) groups is 5. The van der Waals surface area contributed by atoms with Crippen molar-refractivity contribution in [3.05, 3.63) is 0 Å². The van der Waals surface area contributed by atoms with Crippen LogP contribution in [0.3, 0.4) is 0 Å². The van der Waals surface area contributed by atoms with Crippen LogP contribution in [0.5, 0.6) is 0 Å². The topological polar surface area (TPSA) is 186 Å². The number of aliphatic carboxylic acids is 5. The third-order valence-electron chi connectivity index (χ3n) is 0. The zero-order valence-electron chi connectivity index (χ0n) is 12.1. The van der Waals surface area contributed by atoms with Gasteiger partial charge in [0.15, 0.2) is 0 Å². The molecule has 0 atom stereocenters. The minimum absolute atomic E-state index is 0. The molecule has 0 aliphatic carbocycles. The summed E-state index contributed by atoms with van der Waals surface area (Å²) in [5.74, 6) is -4.17. The maximum absolute atomic E-state index is 9.00. The maximum atomic E-state index is 9.00. The van der Waals surface area contributed by atoms with Gasteiger partial charge < -0.3 is 25.5 Å². The van der Waals surface area contributed by atoms with E-state index in [1.165, 1.54) is 0 Å². The van der Waals surface area contributed by atoms with Gasteiger partial charge in [0, 0.05) is 51.7 Å². The van der Waals surface area contributed by atoms with Crippen LogP contribution in [-0.2, 0) is 41.0 Å². The van der Waals surface area contributed by atoms with Crippen LogP contribution in [0.2, 0.25) is 0 Å². The van der Waals surface area contributed by atoms with Gasteiger partial charge in [0.1, 0.15) is 0 Å². The molecule has 0 aromatic carbocycles. The van der Waals surface area contributed by atoms with Crippen LogP contribution in [0.25, 0.3) is 0 Å². The van der Waals surface area contributed by atoms with E-state index in [4.69, 9.17) is 49.5 Å². The van der Waals surface area contributed by atoms with E-state index in [1.807, 2.05) is 0 Å². The number of hydrogen-bond donors (Lipinski definition) is 5. The molecule has 10 nitrogen and oxygen atoms in total. The average Bonchev–Trinajstić information content (AvgIpc) is 1.94. The third-order valence-corrected chi connectivity index (χ3v) is 0. The molecule has 21 heavy (non-hydrogen) atoms. The second-order valence-corrected chi connectivity index (χ2v) is 2.60. The first kappa shape index (κ1) is 36.4. The third kappa shape index (κ3) is 991. The number of carboxylic acid groups (broad SMARTS) is 5. The molecule has 0 aromatic heterocycles. The number of hydrogen-bond acceptors (Lipinski definition) is 5. The van der Waals surface area contributed by atoms with Crippen LogP contribution in [0, 0.1) is 0 Å². The Morgan fingerprint density at radius 3 is 0.429 bits per heavy atom. The zero-order chi connectivity index (χ0) is 17.9. The van der Waals surface area contributed by atoms with E-state index < -0.39 is 29.8 Å². The fourth-order valence-corrected chi connectivity index (χ4v) is 0. The van der Waals surface area contributed by atoms with Crippen molar-refractivity contribution < 1.29 is 66.6 Å². The molecule has 0 fully saturated rings. The molecule has 0 saturated carbocycles. The Morgan fingerprint density at radius 2 is 0.429 bits per heavy atom. The standard InChI is InChI=1S/5C2H4O2.Fe/c5*1-2(3)4;/h5*1H3,(H,3,4);. The van der Waals surface area contributed by atoms with Crippen LogP contribution in [0.4, 0.5) is 0 Å². The first-order valence-corrected chi connectivity index (χ1v) is 4.64. The Bertz CT molecular complexity index is 211. The van der Waals surface area contributed by atoms with Crippen molar-refractivity contribution in [2.75, 3.05) is 0 Å². The molecule has 0 bridgehead atoms. The molecule has 0 aliphatic heterocycles. The summed E-state index contributed by atoms with van der Waals surface area (Å²) in [7, 11) is 0. The van der Waals surface area contributed by atoms with Crippen molar-refractivity contribution in [3.8, 4) is 0 Å². The van der Waals surface area contributed by atoms with E-state index in [0.29, 0.717) is 0 Å². The molecule has 128 valence electrons. The van der Waals surface area contributed by atoms with Crippen molar-refractivity contribution in [2.45, 2.75) is 34.6 Å². The van der Waals surface area contributed by atoms with E-state index in [-0.39, 0.29) is 17.1 Å². The molecule has 0 unspecified atom stereocenters. The molecule has 0 amide bonds. The van der Waals surface area contributed by atoms with Gasteiger partial charge in [-0.3, -0.25) is 24.0 Å². The second-order valence-electron chi connectivity index (χ2n) is 2.60. The maximum Gasteiger partial charge on any atom is 0.300 e. The van der Waals surface area contributed by atoms with Crippen LogP contribution in [0.15, 0.2) is 0 Å². The van der Waals surface area contributed by atoms with Gasteiger partial charge in [0.05, 0.1) is 0 Å². The van der Waals surface area contributed by atoms with Gasteiger partial charge in [-0.15, -0.1) is 0 Å². The molecule has 0 rings (SSSR count). The Balaban J connectivity index is -0.0000000331. The Labute approximate surface area is 131 Å². The average molecular weight is 356 g/mol. The van der Waals surface area contributed by atoms with E-state index in [0.717, 1.165) is 34.6 Å². The summed E-state index contributed by atoms with van der Waals surface area (Å²) in [4.78, 5) is 45.0. The molecule has 0 aliphatic rings. The van der Waals surface area contributed by atoms with Gasteiger partial charge in [-0.25, -0.2) is 0 Å². The molecule has 5 N–H and O–H groups in total. The predicted octanol–water partition coefficient (Wildman–Crippen LogP) is 0.452. The monoisotopic (exact) mass is 356 g/mol. The molecule has 0 aromatic rings. The summed E-state index contributed by atoms with van der Waals surface area (Å²) in [6.45, 7) is 5.42. The van der Waals surface area contributed by atoms with Crippen LogP contribution < -0.4 is 0 Å². The summed E-state index contributed by atoms with van der Waals surface area (Å²) in [5, 5.41) is 37.1. The van der Waals surface area contributed by atoms with Crippen LogP contribution in [-0.4, -0.2) is 55.4 Å². The van der Waals surface area contributed by atoms with Gasteiger partial charge in [0.2, 0.25) is 0 Å². The smallest absolute Gasteiger partial charge is 0.300 e. The predicted molar refractivity (Wildman–Crippen MR) is 66.5 cm³/mol. The first-order valence-electron chi connectivity index (χ1n) is 4.64. The van der Waals surface area contributed by atoms with Gasteiger partial charge in [-0.2, -0.15) is 0 Å². The molecule has 0 spiro atoms. The van der Waals surface area contributed by atoms with E-state index in [1.54, 1.807) is 0 Å². The number of rotatable bonds is 0. The largest absolute Gasteiger partial charge is 0.481 e. The Hall–Kier alpha value is -2.13. The van der Waals surface area contributed by atoms with Crippen molar-refractivity contribution >= 4 is 29.8 Å².